The second-order valence-corrected chi connectivity index (χ2v) is 5.39. The second-order valence-electron chi connectivity index (χ2n) is 5.39. The minimum atomic E-state index is -4.54. The molecule has 0 heterocycles. The molecule has 1 amide bonds. The lowest BCUT2D eigenvalue weighted by atomic mass is 10.1. The quantitative estimate of drug-likeness (QED) is 0.482. The molecule has 142 valence electrons. The molecule has 2 aromatic carbocycles. The van der Waals surface area contributed by atoms with Crippen molar-refractivity contribution < 1.29 is 32.4 Å². The van der Waals surface area contributed by atoms with Crippen molar-refractivity contribution in [2.24, 2.45) is 0 Å². The molecule has 7 nitrogen and oxygen atoms in total. The Hall–Kier alpha value is -3.43. The van der Waals surface area contributed by atoms with E-state index in [4.69, 9.17) is 4.74 Å². The Morgan fingerprint density at radius 3 is 2.26 bits per heavy atom. The molecule has 1 unspecified atom stereocenters. The van der Waals surface area contributed by atoms with E-state index in [1.807, 2.05) is 0 Å². The van der Waals surface area contributed by atoms with Crippen molar-refractivity contribution in [3.05, 3.63) is 69.8 Å². The summed E-state index contributed by atoms with van der Waals surface area (Å²) in [7, 11) is 0. The zero-order chi connectivity index (χ0) is 20.2. The number of anilines is 1. The number of para-hydroxylation sites is 2. The highest BCUT2D eigenvalue weighted by Gasteiger charge is 2.30. The number of hydrogen-bond donors (Lipinski definition) is 1. The number of hydrogen-bond acceptors (Lipinski definition) is 5. The first kappa shape index (κ1) is 19.9. The second kappa shape index (κ2) is 7.85. The van der Waals surface area contributed by atoms with Gasteiger partial charge in [0.05, 0.1) is 16.1 Å². The van der Waals surface area contributed by atoms with E-state index in [1.54, 1.807) is 0 Å². The van der Waals surface area contributed by atoms with Gasteiger partial charge in [0.1, 0.15) is 5.69 Å². The first-order chi connectivity index (χ1) is 12.6. The summed E-state index contributed by atoms with van der Waals surface area (Å²) in [5.74, 6) is -1.83. The van der Waals surface area contributed by atoms with Crippen LogP contribution >= 0.6 is 0 Å². The van der Waals surface area contributed by atoms with Gasteiger partial charge in [-0.1, -0.05) is 12.1 Å². The molecule has 1 atom stereocenters. The van der Waals surface area contributed by atoms with E-state index in [0.29, 0.717) is 12.1 Å². The number of alkyl halides is 3. The van der Waals surface area contributed by atoms with Crippen LogP contribution in [-0.4, -0.2) is 22.9 Å². The van der Waals surface area contributed by atoms with Gasteiger partial charge in [-0.25, -0.2) is 4.79 Å². The number of halogens is 3. The minimum absolute atomic E-state index is 0.0788. The summed E-state index contributed by atoms with van der Waals surface area (Å²) in [6, 6.07) is 8.68. The number of nitro groups is 1. The molecule has 0 aliphatic heterocycles. The van der Waals surface area contributed by atoms with E-state index in [9.17, 15) is 32.9 Å². The van der Waals surface area contributed by atoms with Crippen LogP contribution in [0.5, 0.6) is 0 Å². The lowest BCUT2D eigenvalue weighted by molar-refractivity contribution is -0.383. The molecular weight excluding hydrogens is 369 g/mol. The topological polar surface area (TPSA) is 98.5 Å². The predicted octanol–water partition coefficient (Wildman–Crippen LogP) is 3.80. The van der Waals surface area contributed by atoms with Crippen molar-refractivity contribution in [1.29, 1.82) is 0 Å². The van der Waals surface area contributed by atoms with E-state index in [0.717, 1.165) is 12.1 Å². The highest BCUT2D eigenvalue weighted by Crippen LogP contribution is 2.29. The molecule has 27 heavy (non-hydrogen) atoms. The fraction of sp³-hybridized carbons (Fsp3) is 0.176. The van der Waals surface area contributed by atoms with E-state index in [-0.39, 0.29) is 16.9 Å². The largest absolute Gasteiger partial charge is 0.449 e. The van der Waals surface area contributed by atoms with Crippen molar-refractivity contribution >= 4 is 23.3 Å². The normalized spacial score (nSPS) is 12.1. The highest BCUT2D eigenvalue weighted by atomic mass is 19.4. The zero-order valence-electron chi connectivity index (χ0n) is 13.8. The number of carbonyl (C=O) groups is 2. The van der Waals surface area contributed by atoms with Gasteiger partial charge in [0, 0.05) is 6.07 Å². The molecular formula is C17H13F3N2O5. The summed E-state index contributed by atoms with van der Waals surface area (Å²) < 4.78 is 42.4. The van der Waals surface area contributed by atoms with Crippen molar-refractivity contribution in [1.82, 2.24) is 0 Å². The van der Waals surface area contributed by atoms with Crippen molar-refractivity contribution in [2.45, 2.75) is 19.2 Å². The molecule has 0 radical (unpaired) electrons. The molecule has 0 aliphatic rings. The number of esters is 1. The fourth-order valence-corrected chi connectivity index (χ4v) is 2.05. The monoisotopic (exact) mass is 382 g/mol. The van der Waals surface area contributed by atoms with Crippen LogP contribution in [0.15, 0.2) is 48.5 Å². The maximum absolute atomic E-state index is 12.5. The number of amides is 1. The Bertz CT molecular complexity index is 866. The van der Waals surface area contributed by atoms with Crippen LogP contribution in [0.1, 0.15) is 22.8 Å². The molecule has 0 aromatic heterocycles. The van der Waals surface area contributed by atoms with Crippen LogP contribution in [0, 0.1) is 10.1 Å². The number of rotatable bonds is 5. The molecule has 0 fully saturated rings. The summed E-state index contributed by atoms with van der Waals surface area (Å²) in [4.78, 5) is 34.3. The van der Waals surface area contributed by atoms with Gasteiger partial charge in [0.25, 0.3) is 11.6 Å². The van der Waals surface area contributed by atoms with Crippen LogP contribution in [0.3, 0.4) is 0 Å². The Morgan fingerprint density at radius 2 is 1.70 bits per heavy atom. The molecule has 1 N–H and O–H groups in total. The smallest absolute Gasteiger partial charge is 0.416 e. The van der Waals surface area contributed by atoms with Gasteiger partial charge in [-0.05, 0) is 37.3 Å². The molecule has 0 aliphatic carbocycles. The Kier molecular flexibility index (Phi) is 5.78. The minimum Gasteiger partial charge on any atom is -0.449 e. The SMILES string of the molecule is CC(OC(=O)c1ccc(C(F)(F)F)cc1)C(=O)Nc1ccccc1[N+](=O)[O-]. The number of benzene rings is 2. The molecule has 0 bridgehead atoms. The number of nitro benzene ring substituents is 1. The van der Waals surface area contributed by atoms with Crippen LogP contribution in [0.25, 0.3) is 0 Å². The number of nitrogens with zero attached hydrogens (tertiary/aromatic N) is 1. The fourth-order valence-electron chi connectivity index (χ4n) is 2.05. The molecule has 2 aromatic rings. The van der Waals surface area contributed by atoms with Crippen molar-refractivity contribution in [3.8, 4) is 0 Å². The summed E-state index contributed by atoms with van der Waals surface area (Å²) in [6.45, 7) is 1.23. The van der Waals surface area contributed by atoms with Gasteiger partial charge < -0.3 is 10.1 Å². The molecule has 0 saturated heterocycles. The summed E-state index contributed by atoms with van der Waals surface area (Å²) in [5, 5.41) is 13.2. The number of ether oxygens (including phenoxy) is 1. The maximum atomic E-state index is 12.5. The Morgan fingerprint density at radius 1 is 1.11 bits per heavy atom. The van der Waals surface area contributed by atoms with E-state index in [2.05, 4.69) is 5.32 Å². The average molecular weight is 382 g/mol. The zero-order valence-corrected chi connectivity index (χ0v) is 13.8. The van der Waals surface area contributed by atoms with Crippen LogP contribution in [-0.2, 0) is 15.7 Å². The Labute approximate surface area is 150 Å². The molecule has 0 spiro atoms. The first-order valence-electron chi connectivity index (χ1n) is 7.52. The third-order valence-electron chi connectivity index (χ3n) is 3.46. The van der Waals surface area contributed by atoms with Gasteiger partial charge in [0.15, 0.2) is 6.10 Å². The Balaban J connectivity index is 2.04. The summed E-state index contributed by atoms with van der Waals surface area (Å²) in [5.41, 5.74) is -1.52. The van der Waals surface area contributed by atoms with Gasteiger partial charge >= 0.3 is 12.1 Å². The van der Waals surface area contributed by atoms with Crippen molar-refractivity contribution in [3.63, 3.8) is 0 Å². The highest BCUT2D eigenvalue weighted by molar-refractivity contribution is 5.98. The van der Waals surface area contributed by atoms with Crippen LogP contribution < -0.4 is 5.32 Å². The van der Waals surface area contributed by atoms with Gasteiger partial charge in [-0.3, -0.25) is 14.9 Å². The van der Waals surface area contributed by atoms with Gasteiger partial charge in [0.2, 0.25) is 0 Å². The van der Waals surface area contributed by atoms with E-state index < -0.39 is 34.6 Å². The molecule has 10 heteroatoms. The first-order valence-corrected chi connectivity index (χ1v) is 7.52. The van der Waals surface area contributed by atoms with E-state index >= 15 is 0 Å². The average Bonchev–Trinajstić information content (AvgIpc) is 2.61. The van der Waals surface area contributed by atoms with Crippen LogP contribution in [0.4, 0.5) is 24.5 Å². The number of carbonyl (C=O) groups excluding carboxylic acids is 2. The molecule has 0 saturated carbocycles. The van der Waals surface area contributed by atoms with E-state index in [1.165, 1.54) is 31.2 Å². The predicted molar refractivity (Wildman–Crippen MR) is 88.0 cm³/mol. The molecule has 2 rings (SSSR count). The van der Waals surface area contributed by atoms with Crippen molar-refractivity contribution in [2.75, 3.05) is 5.32 Å². The lowest BCUT2D eigenvalue weighted by Crippen LogP contribution is -2.30. The summed E-state index contributed by atoms with van der Waals surface area (Å²) >= 11 is 0. The van der Waals surface area contributed by atoms with Gasteiger partial charge in [-0.2, -0.15) is 13.2 Å². The third kappa shape index (κ3) is 5.03. The lowest BCUT2D eigenvalue weighted by Gasteiger charge is -2.14. The summed E-state index contributed by atoms with van der Waals surface area (Å²) in [6.07, 6.45) is -5.88. The van der Waals surface area contributed by atoms with Gasteiger partial charge in [-0.15, -0.1) is 0 Å². The third-order valence-corrected chi connectivity index (χ3v) is 3.46. The van der Waals surface area contributed by atoms with Crippen LogP contribution in [0.2, 0.25) is 0 Å². The maximum Gasteiger partial charge on any atom is 0.416 e. The standard InChI is InChI=1S/C17H13F3N2O5/c1-10(15(23)21-13-4-2-3-5-14(13)22(25)26)27-16(24)11-6-8-12(9-7-11)17(18,19)20/h2-10H,1H3,(H,21,23). The number of nitrogens with one attached hydrogen (secondary N) is 1.